The van der Waals surface area contributed by atoms with Crippen LogP contribution in [0.2, 0.25) is 0 Å². The van der Waals surface area contributed by atoms with Gasteiger partial charge < -0.3 is 19.9 Å². The number of hydrogen-bond donors (Lipinski definition) is 2. The van der Waals surface area contributed by atoms with Crippen molar-refractivity contribution in [3.63, 3.8) is 0 Å². The molecule has 0 radical (unpaired) electrons. The largest absolute Gasteiger partial charge is 0.421 e. The van der Waals surface area contributed by atoms with Crippen LogP contribution < -0.4 is 5.32 Å². The van der Waals surface area contributed by atoms with Crippen LogP contribution in [-0.2, 0) is 38.2 Å². The molecule has 0 aliphatic carbocycles. The van der Waals surface area contributed by atoms with Gasteiger partial charge in [-0.25, -0.2) is 4.79 Å². The molecule has 2 atom stereocenters. The minimum atomic E-state index is -3.95. The molecule has 34 heavy (non-hydrogen) atoms. The van der Waals surface area contributed by atoms with Crippen molar-refractivity contribution in [1.82, 2.24) is 5.32 Å². The summed E-state index contributed by atoms with van der Waals surface area (Å²) < 4.78 is 39.8. The predicted octanol–water partition coefficient (Wildman–Crippen LogP) is 2.08. The average molecular weight is 502 g/mol. The van der Waals surface area contributed by atoms with E-state index in [9.17, 15) is 27.9 Å². The molecule has 0 heterocycles. The summed E-state index contributed by atoms with van der Waals surface area (Å²) in [5, 5.41) is 13.0. The van der Waals surface area contributed by atoms with Gasteiger partial charge in [0.15, 0.2) is 6.10 Å². The number of rotatable bonds is 14. The van der Waals surface area contributed by atoms with Gasteiger partial charge in [-0.05, 0) is 12.3 Å². The summed E-state index contributed by atoms with van der Waals surface area (Å²) in [6.07, 6.45) is -2.88. The minimum absolute atomic E-state index is 0.0292. The Hall–Kier alpha value is -2.50. The zero-order valence-corrected chi connectivity index (χ0v) is 21.1. The number of hydrogen-bond acceptors (Lipinski definition) is 9. The zero-order valence-electron chi connectivity index (χ0n) is 20.3. The van der Waals surface area contributed by atoms with Gasteiger partial charge in [0.25, 0.3) is 16.4 Å². The second kappa shape index (κ2) is 13.4. The summed E-state index contributed by atoms with van der Waals surface area (Å²) >= 11 is 0. The lowest BCUT2D eigenvalue weighted by atomic mass is 9.87. The van der Waals surface area contributed by atoms with Crippen molar-refractivity contribution in [2.24, 2.45) is 11.3 Å². The number of aliphatic hydroxyl groups excluding tert-OH is 1. The molecule has 0 fully saturated rings. The van der Waals surface area contributed by atoms with E-state index in [-0.39, 0.29) is 37.0 Å². The van der Waals surface area contributed by atoms with E-state index in [2.05, 4.69) is 5.32 Å². The molecule has 10 nitrogen and oxygen atoms in total. The summed E-state index contributed by atoms with van der Waals surface area (Å²) in [4.78, 5) is 35.7. The summed E-state index contributed by atoms with van der Waals surface area (Å²) in [6.45, 7) is 7.56. The first kappa shape index (κ1) is 29.5. The first-order chi connectivity index (χ1) is 15.7. The number of ether oxygens (including phenoxy) is 2. The minimum Gasteiger partial charge on any atom is -0.421 e. The van der Waals surface area contributed by atoms with Crippen LogP contribution in [0.3, 0.4) is 0 Å². The number of carbonyl (C=O) groups excluding carboxylic acids is 3. The summed E-state index contributed by atoms with van der Waals surface area (Å²) in [5.41, 5.74) is -0.943. The van der Waals surface area contributed by atoms with Crippen molar-refractivity contribution < 1.29 is 41.6 Å². The van der Waals surface area contributed by atoms with Crippen molar-refractivity contribution in [3.05, 3.63) is 35.9 Å². The molecule has 1 rings (SSSR count). The third-order valence-corrected chi connectivity index (χ3v) is 5.89. The van der Waals surface area contributed by atoms with Gasteiger partial charge in [-0.2, -0.15) is 8.42 Å². The number of carbonyl (C=O) groups is 3. The van der Waals surface area contributed by atoms with E-state index >= 15 is 0 Å². The lowest BCUT2D eigenvalue weighted by Gasteiger charge is -2.29. The molecule has 0 saturated heterocycles. The molecule has 1 aromatic rings. The molecule has 0 saturated carbocycles. The smallest absolute Gasteiger partial charge is 0.338 e. The maximum Gasteiger partial charge on any atom is 0.338 e. The zero-order chi connectivity index (χ0) is 25.9. The average Bonchev–Trinajstić information content (AvgIpc) is 2.74. The molecular formula is C23H35NO9S. The SMILES string of the molecule is CC(=O)NCCCS(=O)(=O)OCC(C)(C)[C@@H](O)C(=O)OC(OC(=O)CC(C)C)c1ccccc1. The second-order valence-electron chi connectivity index (χ2n) is 9.02. The summed E-state index contributed by atoms with van der Waals surface area (Å²) in [5.74, 6) is -2.25. The Morgan fingerprint density at radius 2 is 1.71 bits per heavy atom. The van der Waals surface area contributed by atoms with Gasteiger partial charge in [0, 0.05) is 30.9 Å². The van der Waals surface area contributed by atoms with Crippen LogP contribution in [0.25, 0.3) is 0 Å². The quantitative estimate of drug-likeness (QED) is 0.169. The van der Waals surface area contributed by atoms with Crippen molar-refractivity contribution in [3.8, 4) is 0 Å². The van der Waals surface area contributed by atoms with Crippen molar-refractivity contribution >= 4 is 28.0 Å². The fourth-order valence-electron chi connectivity index (χ4n) is 2.65. The van der Waals surface area contributed by atoms with Crippen LogP contribution in [0.15, 0.2) is 30.3 Å². The molecule has 11 heteroatoms. The summed E-state index contributed by atoms with van der Waals surface area (Å²) in [7, 11) is -3.95. The number of aliphatic hydroxyl groups is 1. The molecule has 1 unspecified atom stereocenters. The molecule has 2 N–H and O–H groups in total. The van der Waals surface area contributed by atoms with E-state index in [1.165, 1.54) is 20.8 Å². The Morgan fingerprint density at radius 3 is 2.26 bits per heavy atom. The maximum absolute atomic E-state index is 12.7. The van der Waals surface area contributed by atoms with Crippen LogP contribution in [-0.4, -0.2) is 56.4 Å². The fourth-order valence-corrected chi connectivity index (χ4v) is 3.75. The fraction of sp³-hybridized carbons (Fsp3) is 0.609. The Kier molecular flexibility index (Phi) is 11.6. The molecule has 1 aromatic carbocycles. The highest BCUT2D eigenvalue weighted by molar-refractivity contribution is 7.86. The molecule has 0 bridgehead atoms. The van der Waals surface area contributed by atoms with Gasteiger partial charge in [0.2, 0.25) is 5.91 Å². The molecule has 192 valence electrons. The van der Waals surface area contributed by atoms with Crippen LogP contribution in [0.4, 0.5) is 0 Å². The van der Waals surface area contributed by atoms with Crippen molar-refractivity contribution in [2.45, 2.75) is 59.9 Å². The lowest BCUT2D eigenvalue weighted by molar-refractivity contribution is -0.200. The monoisotopic (exact) mass is 501 g/mol. The normalized spacial score (nSPS) is 13.7. The number of amides is 1. The highest BCUT2D eigenvalue weighted by atomic mass is 32.2. The predicted molar refractivity (Wildman–Crippen MR) is 124 cm³/mol. The van der Waals surface area contributed by atoms with Crippen molar-refractivity contribution in [2.75, 3.05) is 18.9 Å². The van der Waals surface area contributed by atoms with E-state index in [1.54, 1.807) is 30.3 Å². The van der Waals surface area contributed by atoms with Crippen LogP contribution in [0, 0.1) is 11.3 Å². The third-order valence-electron chi connectivity index (χ3n) is 4.63. The van der Waals surface area contributed by atoms with Gasteiger partial charge in [-0.3, -0.25) is 13.8 Å². The maximum atomic E-state index is 12.7. The topological polar surface area (TPSA) is 145 Å². The van der Waals surface area contributed by atoms with Gasteiger partial charge >= 0.3 is 11.9 Å². The highest BCUT2D eigenvalue weighted by Crippen LogP contribution is 2.27. The van der Waals surface area contributed by atoms with E-state index in [0.717, 1.165) is 0 Å². The van der Waals surface area contributed by atoms with E-state index < -0.39 is 46.5 Å². The first-order valence-corrected chi connectivity index (χ1v) is 12.6. The Labute approximate surface area is 201 Å². The Morgan fingerprint density at radius 1 is 1.09 bits per heavy atom. The number of esters is 2. The number of nitrogens with one attached hydrogen (secondary N) is 1. The van der Waals surface area contributed by atoms with Gasteiger partial charge in [0.05, 0.1) is 12.4 Å². The lowest BCUT2D eigenvalue weighted by Crippen LogP contribution is -2.42. The Balaban J connectivity index is 2.78. The molecule has 0 aromatic heterocycles. The first-order valence-electron chi connectivity index (χ1n) is 11.0. The molecule has 0 aliphatic heterocycles. The van der Waals surface area contributed by atoms with Gasteiger partial charge in [-0.15, -0.1) is 0 Å². The summed E-state index contributed by atoms with van der Waals surface area (Å²) in [6, 6.07) is 8.31. The third kappa shape index (κ3) is 11.1. The molecule has 0 spiro atoms. The Bertz CT molecular complexity index is 914. The molecule has 1 amide bonds. The van der Waals surface area contributed by atoms with Crippen LogP contribution >= 0.6 is 0 Å². The van der Waals surface area contributed by atoms with Crippen molar-refractivity contribution in [1.29, 1.82) is 0 Å². The van der Waals surface area contributed by atoms with Crippen LogP contribution in [0.5, 0.6) is 0 Å². The highest BCUT2D eigenvalue weighted by Gasteiger charge is 2.38. The van der Waals surface area contributed by atoms with E-state index in [4.69, 9.17) is 13.7 Å². The standard InChI is InChI=1S/C23H35NO9S/c1-16(2)14-19(26)32-22(18-10-7-6-8-11-18)33-21(28)20(27)23(4,5)15-31-34(29,30)13-9-12-24-17(3)25/h6-8,10-11,16,20,22,27H,9,12-15H2,1-5H3,(H,24,25)/t20-,22?/m0/s1. The molecular weight excluding hydrogens is 466 g/mol. The second-order valence-corrected chi connectivity index (χ2v) is 10.8. The van der Waals surface area contributed by atoms with Gasteiger partial charge in [0.1, 0.15) is 0 Å². The van der Waals surface area contributed by atoms with Gasteiger partial charge in [-0.1, -0.05) is 58.0 Å². The van der Waals surface area contributed by atoms with E-state index in [0.29, 0.717) is 5.56 Å². The van der Waals surface area contributed by atoms with E-state index in [1.807, 2.05) is 13.8 Å². The van der Waals surface area contributed by atoms with Crippen LogP contribution in [0.1, 0.15) is 59.3 Å². The number of benzene rings is 1. The molecule has 0 aliphatic rings.